The van der Waals surface area contributed by atoms with Crippen LogP contribution >= 0.6 is 0 Å². The summed E-state index contributed by atoms with van der Waals surface area (Å²) >= 11 is 0. The third-order valence-electron chi connectivity index (χ3n) is 4.67. The third kappa shape index (κ3) is 5.80. The summed E-state index contributed by atoms with van der Waals surface area (Å²) in [5, 5.41) is 3.42. The molecule has 2 fully saturated rings. The summed E-state index contributed by atoms with van der Waals surface area (Å²) in [5.41, 5.74) is 0. The molecule has 0 unspecified atom stereocenters. The van der Waals surface area contributed by atoms with Crippen LogP contribution in [0.2, 0.25) is 0 Å². The van der Waals surface area contributed by atoms with E-state index in [9.17, 15) is 0 Å². The van der Waals surface area contributed by atoms with E-state index in [0.29, 0.717) is 0 Å². The summed E-state index contributed by atoms with van der Waals surface area (Å²) in [6.07, 6.45) is 5.67. The minimum Gasteiger partial charge on any atom is -0.314 e. The van der Waals surface area contributed by atoms with Crippen molar-refractivity contribution in [2.45, 2.75) is 39.5 Å². The van der Waals surface area contributed by atoms with Gasteiger partial charge < -0.3 is 15.1 Å². The van der Waals surface area contributed by atoms with Crippen LogP contribution in [0.5, 0.6) is 0 Å². The van der Waals surface area contributed by atoms with E-state index in [0.717, 1.165) is 11.8 Å². The first-order valence-corrected chi connectivity index (χ1v) is 8.39. The van der Waals surface area contributed by atoms with E-state index in [1.807, 2.05) is 0 Å². The Labute approximate surface area is 119 Å². The molecule has 0 aromatic rings. The zero-order valence-electron chi connectivity index (χ0n) is 13.0. The minimum atomic E-state index is 0.879. The van der Waals surface area contributed by atoms with Crippen molar-refractivity contribution in [3.05, 3.63) is 0 Å². The van der Waals surface area contributed by atoms with Crippen LogP contribution in [-0.2, 0) is 0 Å². The molecule has 0 saturated carbocycles. The van der Waals surface area contributed by atoms with E-state index in [4.69, 9.17) is 0 Å². The van der Waals surface area contributed by atoms with Crippen LogP contribution in [0.1, 0.15) is 39.5 Å². The molecule has 0 bridgehead atoms. The van der Waals surface area contributed by atoms with Crippen LogP contribution in [0.25, 0.3) is 0 Å². The summed E-state index contributed by atoms with van der Waals surface area (Å²) in [6.45, 7) is 14.9. The lowest BCUT2D eigenvalue weighted by Gasteiger charge is -2.33. The predicted octanol–water partition coefficient (Wildman–Crippen LogP) is 2.04. The monoisotopic (exact) mass is 267 g/mol. The quantitative estimate of drug-likeness (QED) is 0.794. The van der Waals surface area contributed by atoms with Gasteiger partial charge in [-0.3, -0.25) is 0 Å². The van der Waals surface area contributed by atoms with Crippen molar-refractivity contribution in [1.29, 1.82) is 0 Å². The molecular weight excluding hydrogens is 234 g/mol. The first-order chi connectivity index (χ1) is 9.24. The van der Waals surface area contributed by atoms with E-state index >= 15 is 0 Å². The average molecular weight is 267 g/mol. The molecule has 0 aromatic carbocycles. The van der Waals surface area contributed by atoms with Crippen LogP contribution in [0, 0.1) is 11.8 Å². The van der Waals surface area contributed by atoms with Gasteiger partial charge in [0.1, 0.15) is 0 Å². The second kappa shape index (κ2) is 8.23. The van der Waals surface area contributed by atoms with Crippen molar-refractivity contribution in [2.75, 3.05) is 52.4 Å². The zero-order valence-corrected chi connectivity index (χ0v) is 13.0. The maximum absolute atomic E-state index is 3.42. The second-order valence-electron chi connectivity index (χ2n) is 6.86. The standard InChI is InChI=1S/C16H33N3/c1-15(2)14-16-4-10-18(11-5-16)8-3-9-19-12-6-17-7-13-19/h15-17H,3-14H2,1-2H3. The van der Waals surface area contributed by atoms with Gasteiger partial charge in [0.15, 0.2) is 0 Å². The highest BCUT2D eigenvalue weighted by molar-refractivity contribution is 4.74. The summed E-state index contributed by atoms with van der Waals surface area (Å²) in [6, 6.07) is 0. The molecule has 19 heavy (non-hydrogen) atoms. The van der Waals surface area contributed by atoms with Crippen LogP contribution in [0.15, 0.2) is 0 Å². The molecule has 0 amide bonds. The van der Waals surface area contributed by atoms with Gasteiger partial charge in [0.25, 0.3) is 0 Å². The highest BCUT2D eigenvalue weighted by Gasteiger charge is 2.19. The highest BCUT2D eigenvalue weighted by atomic mass is 15.2. The largest absolute Gasteiger partial charge is 0.314 e. The second-order valence-corrected chi connectivity index (χ2v) is 6.86. The van der Waals surface area contributed by atoms with Crippen molar-refractivity contribution >= 4 is 0 Å². The lowest BCUT2D eigenvalue weighted by Crippen LogP contribution is -2.44. The number of piperazine rings is 1. The third-order valence-corrected chi connectivity index (χ3v) is 4.67. The lowest BCUT2D eigenvalue weighted by atomic mass is 9.88. The first kappa shape index (κ1) is 15.3. The van der Waals surface area contributed by atoms with Crippen molar-refractivity contribution < 1.29 is 0 Å². The Kier molecular flexibility index (Phi) is 6.62. The van der Waals surface area contributed by atoms with Crippen molar-refractivity contribution in [1.82, 2.24) is 15.1 Å². The molecule has 2 heterocycles. The topological polar surface area (TPSA) is 18.5 Å². The molecule has 0 atom stereocenters. The van der Waals surface area contributed by atoms with Gasteiger partial charge in [0.05, 0.1) is 0 Å². The summed E-state index contributed by atoms with van der Waals surface area (Å²) < 4.78 is 0. The molecule has 2 rings (SSSR count). The summed E-state index contributed by atoms with van der Waals surface area (Å²) in [7, 11) is 0. The van der Waals surface area contributed by atoms with Crippen molar-refractivity contribution in [3.8, 4) is 0 Å². The smallest absolute Gasteiger partial charge is 0.0107 e. The molecule has 0 radical (unpaired) electrons. The average Bonchev–Trinajstić information content (AvgIpc) is 2.41. The van der Waals surface area contributed by atoms with Gasteiger partial charge in [0.2, 0.25) is 0 Å². The van der Waals surface area contributed by atoms with Crippen LogP contribution < -0.4 is 5.32 Å². The molecular formula is C16H33N3. The molecule has 2 aliphatic rings. The maximum atomic E-state index is 3.42. The van der Waals surface area contributed by atoms with Gasteiger partial charge in [0, 0.05) is 26.2 Å². The van der Waals surface area contributed by atoms with E-state index in [-0.39, 0.29) is 0 Å². The fourth-order valence-corrected chi connectivity index (χ4v) is 3.57. The van der Waals surface area contributed by atoms with E-state index in [1.54, 1.807) is 0 Å². The van der Waals surface area contributed by atoms with Crippen molar-refractivity contribution in [3.63, 3.8) is 0 Å². The van der Waals surface area contributed by atoms with Crippen LogP contribution in [-0.4, -0.2) is 62.2 Å². The number of rotatable bonds is 6. The summed E-state index contributed by atoms with van der Waals surface area (Å²) in [5.74, 6) is 1.88. The SMILES string of the molecule is CC(C)CC1CCN(CCCN2CCNCC2)CC1. The van der Waals surface area contributed by atoms with Crippen LogP contribution in [0.3, 0.4) is 0 Å². The molecule has 1 N–H and O–H groups in total. The number of likely N-dealkylation sites (tertiary alicyclic amines) is 1. The highest BCUT2D eigenvalue weighted by Crippen LogP contribution is 2.23. The van der Waals surface area contributed by atoms with Gasteiger partial charge in [-0.05, 0) is 63.7 Å². The number of hydrogen-bond donors (Lipinski definition) is 1. The number of piperidine rings is 1. The van der Waals surface area contributed by atoms with Crippen molar-refractivity contribution in [2.24, 2.45) is 11.8 Å². The molecule has 2 aliphatic heterocycles. The molecule has 0 aromatic heterocycles. The lowest BCUT2D eigenvalue weighted by molar-refractivity contribution is 0.157. The number of nitrogens with one attached hydrogen (secondary N) is 1. The van der Waals surface area contributed by atoms with Crippen LogP contribution in [0.4, 0.5) is 0 Å². The Balaban J connectivity index is 1.53. The summed E-state index contributed by atoms with van der Waals surface area (Å²) in [4.78, 5) is 5.31. The van der Waals surface area contributed by atoms with Gasteiger partial charge in [-0.15, -0.1) is 0 Å². The minimum absolute atomic E-state index is 0.879. The zero-order chi connectivity index (χ0) is 13.5. The number of nitrogens with zero attached hydrogens (tertiary/aromatic N) is 2. The Bertz CT molecular complexity index is 228. The number of hydrogen-bond acceptors (Lipinski definition) is 3. The van der Waals surface area contributed by atoms with E-state index in [2.05, 4.69) is 29.0 Å². The van der Waals surface area contributed by atoms with Gasteiger partial charge in [-0.25, -0.2) is 0 Å². The van der Waals surface area contributed by atoms with E-state index < -0.39 is 0 Å². The first-order valence-electron chi connectivity index (χ1n) is 8.39. The Morgan fingerprint density at radius 3 is 2.11 bits per heavy atom. The van der Waals surface area contributed by atoms with Gasteiger partial charge in [-0.2, -0.15) is 0 Å². The Hall–Kier alpha value is -0.120. The molecule has 3 nitrogen and oxygen atoms in total. The predicted molar refractivity (Wildman–Crippen MR) is 82.5 cm³/mol. The fraction of sp³-hybridized carbons (Fsp3) is 1.00. The maximum Gasteiger partial charge on any atom is 0.0107 e. The molecule has 112 valence electrons. The molecule has 0 spiro atoms. The molecule has 2 saturated heterocycles. The Morgan fingerprint density at radius 2 is 1.53 bits per heavy atom. The fourth-order valence-electron chi connectivity index (χ4n) is 3.57. The van der Waals surface area contributed by atoms with Gasteiger partial charge >= 0.3 is 0 Å². The molecule has 0 aliphatic carbocycles. The normalized spacial score (nSPS) is 24.2. The Morgan fingerprint density at radius 1 is 0.947 bits per heavy atom. The molecule has 3 heteroatoms. The van der Waals surface area contributed by atoms with E-state index in [1.165, 1.54) is 78.0 Å². The van der Waals surface area contributed by atoms with Gasteiger partial charge in [-0.1, -0.05) is 13.8 Å².